The molecule has 3 N–H and O–H groups in total. The summed E-state index contributed by atoms with van der Waals surface area (Å²) in [6.45, 7) is 2.16. The van der Waals surface area contributed by atoms with Crippen LogP contribution in [0.3, 0.4) is 0 Å². The Labute approximate surface area is 178 Å². The monoisotopic (exact) mass is 404 g/mol. The molecule has 6 heteroatoms. The first kappa shape index (κ1) is 17.7. The molecule has 4 aromatic rings. The largest absolute Gasteiger partial charge is 0.355 e. The van der Waals surface area contributed by atoms with Crippen LogP contribution in [0.25, 0.3) is 57.8 Å². The fourth-order valence-electron chi connectivity index (χ4n) is 4.17. The summed E-state index contributed by atoms with van der Waals surface area (Å²) in [6.07, 6.45) is 12.6. The number of H-pyrrole nitrogens is 3. The lowest BCUT2D eigenvalue weighted by molar-refractivity contribution is 1.15. The van der Waals surface area contributed by atoms with Crippen molar-refractivity contribution in [3.8, 4) is 11.4 Å². The van der Waals surface area contributed by atoms with Crippen LogP contribution in [0.5, 0.6) is 0 Å². The molecular formula is C25H20N6. The molecule has 0 saturated heterocycles. The highest BCUT2D eigenvalue weighted by Gasteiger charge is 2.15. The number of hydrogen-bond acceptors (Lipinski definition) is 3. The molecule has 0 spiro atoms. The molecule has 2 aliphatic heterocycles. The minimum atomic E-state index is 0.846. The van der Waals surface area contributed by atoms with Crippen LogP contribution < -0.4 is 0 Å². The van der Waals surface area contributed by atoms with E-state index in [4.69, 9.17) is 9.97 Å². The zero-order valence-electron chi connectivity index (χ0n) is 17.0. The maximum absolute atomic E-state index is 4.78. The van der Waals surface area contributed by atoms with Gasteiger partial charge in [-0.3, -0.25) is 0 Å². The Morgan fingerprint density at radius 3 is 1.94 bits per heavy atom. The molecule has 2 aliphatic rings. The number of aryl methyl sites for hydroxylation is 1. The highest BCUT2D eigenvalue weighted by Crippen LogP contribution is 2.31. The Hall–Kier alpha value is -4.19. The van der Waals surface area contributed by atoms with E-state index in [9.17, 15) is 0 Å². The molecule has 0 saturated carbocycles. The molecule has 0 atom stereocenters. The second-order valence-corrected chi connectivity index (χ2v) is 7.63. The molecule has 31 heavy (non-hydrogen) atoms. The van der Waals surface area contributed by atoms with Gasteiger partial charge in [0.2, 0.25) is 0 Å². The van der Waals surface area contributed by atoms with Crippen molar-refractivity contribution in [2.24, 2.45) is 0 Å². The number of fused-ring (bicyclic) bond motifs is 8. The molecular weight excluding hydrogens is 384 g/mol. The summed E-state index contributed by atoms with van der Waals surface area (Å²) >= 11 is 0. The average molecular weight is 404 g/mol. The van der Waals surface area contributed by atoms with E-state index in [1.54, 1.807) is 6.20 Å². The number of rotatable bonds is 2. The summed E-state index contributed by atoms with van der Waals surface area (Å²) in [7, 11) is 0. The summed E-state index contributed by atoms with van der Waals surface area (Å²) in [5.74, 6) is 0.846. The number of imidazole rings is 1. The van der Waals surface area contributed by atoms with Gasteiger partial charge in [0.15, 0.2) is 0 Å². The zero-order valence-corrected chi connectivity index (χ0v) is 17.0. The molecule has 0 radical (unpaired) electrons. The fourth-order valence-corrected chi connectivity index (χ4v) is 4.17. The van der Waals surface area contributed by atoms with Crippen molar-refractivity contribution in [3.05, 3.63) is 77.1 Å². The van der Waals surface area contributed by atoms with E-state index in [-0.39, 0.29) is 0 Å². The van der Waals surface area contributed by atoms with E-state index in [0.29, 0.717) is 0 Å². The number of nitrogens with one attached hydrogen (secondary N) is 3. The SMILES string of the molecule is CCc1c(-c2ncc[nH]2)c2cc3nc(cc4ccc(cc5nc(cc1[nH]2)C=C5)[nH]4)C=C3. The first-order valence-electron chi connectivity index (χ1n) is 10.4. The zero-order chi connectivity index (χ0) is 20.8. The first-order valence-corrected chi connectivity index (χ1v) is 10.4. The minimum absolute atomic E-state index is 0.846. The minimum Gasteiger partial charge on any atom is -0.355 e. The second kappa shape index (κ2) is 6.95. The number of aromatic amines is 3. The van der Waals surface area contributed by atoms with Gasteiger partial charge in [0, 0.05) is 34.5 Å². The van der Waals surface area contributed by atoms with Gasteiger partial charge in [-0.15, -0.1) is 0 Å². The van der Waals surface area contributed by atoms with Crippen molar-refractivity contribution < 1.29 is 0 Å². The molecule has 6 rings (SSSR count). The first-order chi connectivity index (χ1) is 15.2. The van der Waals surface area contributed by atoms with Crippen molar-refractivity contribution in [2.45, 2.75) is 13.3 Å². The smallest absolute Gasteiger partial charge is 0.139 e. The Morgan fingerprint density at radius 1 is 0.742 bits per heavy atom. The Kier molecular flexibility index (Phi) is 3.96. The molecule has 0 unspecified atom stereocenters. The predicted octanol–water partition coefficient (Wildman–Crippen LogP) is 5.61. The number of aromatic nitrogens is 6. The van der Waals surface area contributed by atoms with Gasteiger partial charge >= 0.3 is 0 Å². The summed E-state index contributed by atoms with van der Waals surface area (Å²) in [5, 5.41) is 0. The molecule has 0 aliphatic carbocycles. The van der Waals surface area contributed by atoms with Crippen molar-refractivity contribution in [3.63, 3.8) is 0 Å². The third-order valence-electron chi connectivity index (χ3n) is 5.54. The van der Waals surface area contributed by atoms with Crippen molar-refractivity contribution in [1.29, 1.82) is 0 Å². The van der Waals surface area contributed by atoms with Crippen molar-refractivity contribution in [1.82, 2.24) is 29.9 Å². The molecule has 150 valence electrons. The van der Waals surface area contributed by atoms with E-state index in [0.717, 1.165) is 62.7 Å². The van der Waals surface area contributed by atoms with Crippen LogP contribution in [0.2, 0.25) is 0 Å². The maximum Gasteiger partial charge on any atom is 0.139 e. The molecule has 0 amide bonds. The van der Waals surface area contributed by atoms with Gasteiger partial charge in [0.1, 0.15) is 5.82 Å². The van der Waals surface area contributed by atoms with Gasteiger partial charge in [0.25, 0.3) is 0 Å². The van der Waals surface area contributed by atoms with Gasteiger partial charge < -0.3 is 15.0 Å². The lowest BCUT2D eigenvalue weighted by atomic mass is 10.1. The normalized spacial score (nSPS) is 12.5. The van der Waals surface area contributed by atoms with Gasteiger partial charge in [0.05, 0.1) is 28.3 Å². The Morgan fingerprint density at radius 2 is 1.35 bits per heavy atom. The van der Waals surface area contributed by atoms with Crippen LogP contribution in [0, 0.1) is 0 Å². The molecule has 0 fully saturated rings. The van der Waals surface area contributed by atoms with E-state index in [1.807, 2.05) is 42.6 Å². The lowest BCUT2D eigenvalue weighted by Gasteiger charge is -1.99. The van der Waals surface area contributed by atoms with Crippen molar-refractivity contribution >= 4 is 46.4 Å². The van der Waals surface area contributed by atoms with Crippen LogP contribution in [0.15, 0.2) is 48.8 Å². The Balaban J connectivity index is 1.74. The van der Waals surface area contributed by atoms with Gasteiger partial charge in [-0.1, -0.05) is 6.92 Å². The summed E-state index contributed by atoms with van der Waals surface area (Å²) in [6, 6.07) is 12.4. The number of nitrogens with zero attached hydrogens (tertiary/aromatic N) is 3. The second-order valence-electron chi connectivity index (χ2n) is 7.63. The van der Waals surface area contributed by atoms with E-state index in [1.165, 1.54) is 5.56 Å². The summed E-state index contributed by atoms with van der Waals surface area (Å²) in [4.78, 5) is 24.4. The fraction of sp³-hybridized carbons (Fsp3) is 0.0800. The standard InChI is InChI=1S/C25H20N6/c1-2-21-22-13-19-7-5-17(29-19)11-15-3-4-16(28-15)12-18-6-8-20(30-18)14-23(31-22)24(21)25-26-9-10-27-25/h3-14,28,31H,2H2,1H3,(H,26,27). The third kappa shape index (κ3) is 3.18. The summed E-state index contributed by atoms with van der Waals surface area (Å²) < 4.78 is 0. The summed E-state index contributed by atoms with van der Waals surface area (Å²) in [5.41, 5.74) is 9.96. The van der Waals surface area contributed by atoms with Crippen LogP contribution in [0.1, 0.15) is 35.3 Å². The van der Waals surface area contributed by atoms with E-state index >= 15 is 0 Å². The van der Waals surface area contributed by atoms with Crippen LogP contribution >= 0.6 is 0 Å². The molecule has 0 aromatic carbocycles. The van der Waals surface area contributed by atoms with Gasteiger partial charge in [-0.05, 0) is 72.7 Å². The molecule has 4 aromatic heterocycles. The third-order valence-corrected chi connectivity index (χ3v) is 5.54. The van der Waals surface area contributed by atoms with Crippen LogP contribution in [-0.4, -0.2) is 29.9 Å². The van der Waals surface area contributed by atoms with Crippen LogP contribution in [0.4, 0.5) is 0 Å². The highest BCUT2D eigenvalue weighted by molar-refractivity contribution is 5.89. The highest BCUT2D eigenvalue weighted by atomic mass is 14.9. The maximum atomic E-state index is 4.78. The number of hydrogen-bond donors (Lipinski definition) is 3. The van der Waals surface area contributed by atoms with Gasteiger partial charge in [-0.25, -0.2) is 15.0 Å². The molecule has 8 bridgehead atoms. The quantitative estimate of drug-likeness (QED) is 0.351. The molecule has 6 heterocycles. The Bertz CT molecular complexity index is 1510. The van der Waals surface area contributed by atoms with E-state index < -0.39 is 0 Å². The van der Waals surface area contributed by atoms with Crippen molar-refractivity contribution in [2.75, 3.05) is 0 Å². The van der Waals surface area contributed by atoms with E-state index in [2.05, 4.69) is 51.1 Å². The van der Waals surface area contributed by atoms with Gasteiger partial charge in [-0.2, -0.15) is 0 Å². The average Bonchev–Trinajstić information content (AvgIpc) is 3.56. The van der Waals surface area contributed by atoms with Crippen LogP contribution in [-0.2, 0) is 6.42 Å². The molecule has 6 nitrogen and oxygen atoms in total. The lowest BCUT2D eigenvalue weighted by Crippen LogP contribution is -1.86. The topological polar surface area (TPSA) is 86.0 Å². The predicted molar refractivity (Wildman–Crippen MR) is 126 cm³/mol.